The third-order valence-corrected chi connectivity index (χ3v) is 5.99. The number of benzene rings is 2. The van der Waals surface area contributed by atoms with Crippen molar-refractivity contribution in [3.63, 3.8) is 0 Å². The van der Waals surface area contributed by atoms with Crippen LogP contribution in [0.2, 0.25) is 0 Å². The zero-order valence-electron chi connectivity index (χ0n) is 17.7. The van der Waals surface area contributed by atoms with Crippen molar-refractivity contribution < 1.29 is 22.7 Å². The summed E-state index contributed by atoms with van der Waals surface area (Å²) in [5.74, 6) is 1.55. The van der Waals surface area contributed by atoms with E-state index in [0.29, 0.717) is 17.6 Å². The van der Waals surface area contributed by atoms with E-state index in [9.17, 15) is 18.0 Å². The van der Waals surface area contributed by atoms with Gasteiger partial charge in [-0.2, -0.15) is 13.2 Å². The number of hydrogen-bond acceptors (Lipinski definition) is 5. The molecule has 1 saturated carbocycles. The van der Waals surface area contributed by atoms with Crippen LogP contribution in [0.5, 0.6) is 5.75 Å². The number of carbonyl (C=O) groups is 1. The summed E-state index contributed by atoms with van der Waals surface area (Å²) in [7, 11) is 0. The maximum absolute atomic E-state index is 12.4. The Kier molecular flexibility index (Phi) is 7.22. The third-order valence-electron chi connectivity index (χ3n) is 5.02. The molecule has 6 nitrogen and oxygen atoms in total. The summed E-state index contributed by atoms with van der Waals surface area (Å²) in [6, 6.07) is 16.2. The minimum Gasteiger partial charge on any atom is -0.484 e. The molecule has 0 atom stereocenters. The van der Waals surface area contributed by atoms with Crippen LogP contribution in [0.15, 0.2) is 59.8 Å². The number of alkyl halides is 3. The molecule has 0 bridgehead atoms. The second-order valence-corrected chi connectivity index (χ2v) is 8.74. The molecule has 2 aromatic carbocycles. The summed E-state index contributed by atoms with van der Waals surface area (Å²) < 4.78 is 43.4. The Balaban J connectivity index is 1.28. The van der Waals surface area contributed by atoms with Crippen molar-refractivity contribution in [1.82, 2.24) is 20.1 Å². The maximum atomic E-state index is 12.4. The predicted octanol–water partition coefficient (Wildman–Crippen LogP) is 4.55. The van der Waals surface area contributed by atoms with Gasteiger partial charge in [0.2, 0.25) is 5.91 Å². The van der Waals surface area contributed by atoms with Gasteiger partial charge in [0.25, 0.3) is 0 Å². The number of nitrogens with one attached hydrogen (secondary N) is 1. The molecule has 0 aliphatic heterocycles. The summed E-state index contributed by atoms with van der Waals surface area (Å²) in [6.07, 6.45) is -2.16. The lowest BCUT2D eigenvalue weighted by molar-refractivity contribution is -0.153. The molecule has 1 fully saturated rings. The number of aromatic nitrogens is 3. The average Bonchev–Trinajstić information content (AvgIpc) is 3.57. The van der Waals surface area contributed by atoms with Gasteiger partial charge >= 0.3 is 6.18 Å². The lowest BCUT2D eigenvalue weighted by Crippen LogP contribution is -2.24. The van der Waals surface area contributed by atoms with Crippen molar-refractivity contribution in [3.05, 3.63) is 71.5 Å². The van der Waals surface area contributed by atoms with Gasteiger partial charge in [0.15, 0.2) is 11.8 Å². The minimum absolute atomic E-state index is 0.127. The third kappa shape index (κ3) is 6.98. The fourth-order valence-corrected chi connectivity index (χ4v) is 3.99. The second kappa shape index (κ2) is 10.3. The number of halogens is 3. The number of carbonyl (C=O) groups excluding carboxylic acids is 1. The zero-order valence-corrected chi connectivity index (χ0v) is 18.5. The molecule has 1 heterocycles. The van der Waals surface area contributed by atoms with Crippen LogP contribution in [0.25, 0.3) is 0 Å². The largest absolute Gasteiger partial charge is 0.484 e. The Hall–Kier alpha value is -3.01. The molecule has 174 valence electrons. The molecule has 4 rings (SSSR count). The van der Waals surface area contributed by atoms with Gasteiger partial charge in [-0.05, 0) is 36.1 Å². The highest BCUT2D eigenvalue weighted by Gasteiger charge is 2.30. The van der Waals surface area contributed by atoms with E-state index in [2.05, 4.69) is 37.0 Å². The molecule has 1 aliphatic rings. The normalized spacial score (nSPS) is 13.7. The molecule has 0 radical (unpaired) electrons. The van der Waals surface area contributed by atoms with Gasteiger partial charge in [0.05, 0.1) is 12.3 Å². The molecule has 0 saturated heterocycles. The summed E-state index contributed by atoms with van der Waals surface area (Å²) >= 11 is 1.34. The molecule has 3 aromatic rings. The molecule has 1 amide bonds. The maximum Gasteiger partial charge on any atom is 0.422 e. The van der Waals surface area contributed by atoms with E-state index in [1.807, 2.05) is 18.2 Å². The molecule has 33 heavy (non-hydrogen) atoms. The van der Waals surface area contributed by atoms with Gasteiger partial charge in [-0.15, -0.1) is 10.2 Å². The summed E-state index contributed by atoms with van der Waals surface area (Å²) in [5, 5.41) is 12.2. The smallest absolute Gasteiger partial charge is 0.422 e. The van der Waals surface area contributed by atoms with Crippen LogP contribution < -0.4 is 10.1 Å². The van der Waals surface area contributed by atoms with E-state index in [-0.39, 0.29) is 24.0 Å². The predicted molar refractivity (Wildman–Crippen MR) is 118 cm³/mol. The lowest BCUT2D eigenvalue weighted by Gasteiger charge is -2.11. The quantitative estimate of drug-likeness (QED) is 0.435. The molecule has 10 heteroatoms. The first-order valence-electron chi connectivity index (χ1n) is 10.5. The van der Waals surface area contributed by atoms with Gasteiger partial charge in [0, 0.05) is 12.5 Å². The topological polar surface area (TPSA) is 69.0 Å². The van der Waals surface area contributed by atoms with E-state index < -0.39 is 12.8 Å². The van der Waals surface area contributed by atoms with Crippen LogP contribution in [0, 0.1) is 0 Å². The average molecular weight is 477 g/mol. The Bertz CT molecular complexity index is 1070. The van der Waals surface area contributed by atoms with Crippen molar-refractivity contribution in [2.75, 3.05) is 12.4 Å². The van der Waals surface area contributed by atoms with E-state index >= 15 is 0 Å². The number of ether oxygens (including phenoxy) is 1. The second-order valence-electron chi connectivity index (χ2n) is 7.80. The summed E-state index contributed by atoms with van der Waals surface area (Å²) in [6.45, 7) is -0.410. The summed E-state index contributed by atoms with van der Waals surface area (Å²) in [5.41, 5.74) is 1.91. The molecular formula is C23H23F3N4O2S. The van der Waals surface area contributed by atoms with Crippen molar-refractivity contribution in [2.24, 2.45) is 0 Å². The van der Waals surface area contributed by atoms with Crippen LogP contribution in [0.4, 0.5) is 13.2 Å². The Morgan fingerprint density at radius 3 is 2.45 bits per heavy atom. The first-order chi connectivity index (χ1) is 15.9. The molecule has 0 unspecified atom stereocenters. The van der Waals surface area contributed by atoms with E-state index in [1.54, 1.807) is 12.1 Å². The lowest BCUT2D eigenvalue weighted by atomic mass is 10.2. The number of hydrogen-bond donors (Lipinski definition) is 1. The fourth-order valence-electron chi connectivity index (χ4n) is 3.22. The van der Waals surface area contributed by atoms with Crippen LogP contribution in [-0.2, 0) is 17.9 Å². The number of amides is 1. The molecule has 1 aromatic heterocycles. The monoisotopic (exact) mass is 476 g/mol. The highest BCUT2D eigenvalue weighted by Crippen LogP contribution is 2.40. The van der Waals surface area contributed by atoms with Crippen molar-refractivity contribution in [1.29, 1.82) is 0 Å². The standard InChI is InChI=1S/C23H23F3N4O2S/c24-23(25,26)15-32-19-10-6-16(7-11-19)12-27-20(31)14-33-22-29-28-21(18-8-9-18)30(22)13-17-4-2-1-3-5-17/h1-7,10-11,18H,8-9,12-15H2,(H,27,31). The number of rotatable bonds is 10. The van der Waals surface area contributed by atoms with Gasteiger partial charge in [-0.25, -0.2) is 0 Å². The van der Waals surface area contributed by atoms with E-state index in [4.69, 9.17) is 0 Å². The summed E-state index contributed by atoms with van der Waals surface area (Å²) in [4.78, 5) is 12.4. The minimum atomic E-state index is -4.38. The SMILES string of the molecule is O=C(CSc1nnc(C2CC2)n1Cc1ccccc1)NCc1ccc(OCC(F)(F)F)cc1. The Morgan fingerprint density at radius 2 is 1.79 bits per heavy atom. The van der Waals surface area contributed by atoms with Gasteiger partial charge in [0.1, 0.15) is 11.6 Å². The van der Waals surface area contributed by atoms with Crippen LogP contribution in [0.1, 0.15) is 35.7 Å². The van der Waals surface area contributed by atoms with Crippen LogP contribution in [-0.4, -0.2) is 39.2 Å². The Labute approximate surface area is 193 Å². The molecular weight excluding hydrogens is 453 g/mol. The van der Waals surface area contributed by atoms with Crippen LogP contribution >= 0.6 is 11.8 Å². The van der Waals surface area contributed by atoms with Crippen molar-refractivity contribution >= 4 is 17.7 Å². The van der Waals surface area contributed by atoms with E-state index in [0.717, 1.165) is 29.8 Å². The highest BCUT2D eigenvalue weighted by atomic mass is 32.2. The van der Waals surface area contributed by atoms with Gasteiger partial charge in [-0.1, -0.05) is 54.2 Å². The van der Waals surface area contributed by atoms with E-state index in [1.165, 1.54) is 23.9 Å². The van der Waals surface area contributed by atoms with Crippen molar-refractivity contribution in [2.45, 2.75) is 43.2 Å². The molecule has 1 aliphatic carbocycles. The molecule has 0 spiro atoms. The highest BCUT2D eigenvalue weighted by molar-refractivity contribution is 7.99. The number of thioether (sulfide) groups is 1. The molecule has 1 N–H and O–H groups in total. The van der Waals surface area contributed by atoms with Crippen molar-refractivity contribution in [3.8, 4) is 5.75 Å². The van der Waals surface area contributed by atoms with Crippen LogP contribution in [0.3, 0.4) is 0 Å². The van der Waals surface area contributed by atoms with Gasteiger partial charge in [-0.3, -0.25) is 4.79 Å². The van der Waals surface area contributed by atoms with Gasteiger partial charge < -0.3 is 14.6 Å². The zero-order chi connectivity index (χ0) is 23.3. The first kappa shape index (κ1) is 23.2. The number of nitrogens with zero attached hydrogens (tertiary/aromatic N) is 3. The Morgan fingerprint density at radius 1 is 1.06 bits per heavy atom. The first-order valence-corrected chi connectivity index (χ1v) is 11.5. The fraction of sp³-hybridized carbons (Fsp3) is 0.348.